The highest BCUT2D eigenvalue weighted by Gasteiger charge is 2.41. The van der Waals surface area contributed by atoms with E-state index < -0.39 is 0 Å². The molecule has 1 aromatic heterocycles. The second-order valence-electron chi connectivity index (χ2n) is 6.78. The topological polar surface area (TPSA) is 47.2 Å². The summed E-state index contributed by atoms with van der Waals surface area (Å²) in [5.74, 6) is 2.45. The van der Waals surface area contributed by atoms with Gasteiger partial charge in [0, 0.05) is 22.6 Å². The van der Waals surface area contributed by atoms with E-state index in [2.05, 4.69) is 0 Å². The summed E-state index contributed by atoms with van der Waals surface area (Å²) in [6.45, 7) is 2.61. The minimum absolute atomic E-state index is 0.0409. The number of hydrogen-bond acceptors (Lipinski definition) is 5. The normalized spacial score (nSPS) is 20.2. The Morgan fingerprint density at radius 3 is 2.79 bits per heavy atom. The minimum Gasteiger partial charge on any atom is -0.494 e. The van der Waals surface area contributed by atoms with Gasteiger partial charge in [0.1, 0.15) is 23.0 Å². The predicted molar refractivity (Wildman–Crippen MR) is 107 cm³/mol. The Morgan fingerprint density at radius 1 is 1.18 bits per heavy atom. The van der Waals surface area contributed by atoms with Crippen molar-refractivity contribution in [1.29, 1.82) is 0 Å². The molecule has 0 radical (unpaired) electrons. The molecular weight excluding hydrogens is 376 g/mol. The van der Waals surface area contributed by atoms with E-state index in [4.69, 9.17) is 30.6 Å². The van der Waals surface area contributed by atoms with Gasteiger partial charge in [-0.25, -0.2) is 5.01 Å². The third-order valence-electron chi connectivity index (χ3n) is 5.03. The number of hydrazone groups is 1. The van der Waals surface area contributed by atoms with Crippen molar-refractivity contribution in [2.75, 3.05) is 6.61 Å². The highest BCUT2D eigenvalue weighted by molar-refractivity contribution is 6.30. The highest BCUT2D eigenvalue weighted by Crippen LogP contribution is 2.48. The molecule has 5 nitrogen and oxygen atoms in total. The van der Waals surface area contributed by atoms with Crippen molar-refractivity contribution in [2.45, 2.75) is 25.6 Å². The monoisotopic (exact) mass is 394 g/mol. The van der Waals surface area contributed by atoms with Crippen molar-refractivity contribution in [1.82, 2.24) is 5.01 Å². The fourth-order valence-electron chi connectivity index (χ4n) is 3.76. The number of rotatable bonds is 4. The average Bonchev–Trinajstić information content (AvgIpc) is 3.38. The third-order valence-corrected chi connectivity index (χ3v) is 5.27. The van der Waals surface area contributed by atoms with Crippen LogP contribution in [0.3, 0.4) is 0 Å². The Bertz CT molecular complexity index is 1010. The van der Waals surface area contributed by atoms with Gasteiger partial charge in [0.15, 0.2) is 0 Å². The van der Waals surface area contributed by atoms with E-state index in [9.17, 15) is 0 Å². The standard InChI is InChI=1S/C22H19ClN2O3/c1-2-26-16-8-5-14(6-9-16)22-25-19(13-18(24-25)21-4-3-11-27-21)17-12-15(23)7-10-20(17)28-22/h3-12,19,22H,2,13H2,1H3/t19-,22+/m0/s1. The minimum atomic E-state index is -0.332. The summed E-state index contributed by atoms with van der Waals surface area (Å²) in [5.41, 5.74) is 2.96. The summed E-state index contributed by atoms with van der Waals surface area (Å²) >= 11 is 6.26. The fourth-order valence-corrected chi connectivity index (χ4v) is 3.95. The number of hydrogen-bond donors (Lipinski definition) is 0. The second-order valence-corrected chi connectivity index (χ2v) is 7.21. The van der Waals surface area contributed by atoms with Crippen molar-refractivity contribution in [3.8, 4) is 11.5 Å². The van der Waals surface area contributed by atoms with Gasteiger partial charge in [-0.1, -0.05) is 11.6 Å². The number of benzene rings is 2. The summed E-state index contributed by atoms with van der Waals surface area (Å²) in [7, 11) is 0. The highest BCUT2D eigenvalue weighted by atomic mass is 35.5. The Morgan fingerprint density at radius 2 is 2.04 bits per heavy atom. The number of nitrogens with zero attached hydrogens (tertiary/aromatic N) is 2. The maximum absolute atomic E-state index is 6.34. The van der Waals surface area contributed by atoms with E-state index in [1.165, 1.54) is 0 Å². The number of fused-ring (bicyclic) bond motifs is 3. The molecule has 0 unspecified atom stereocenters. The van der Waals surface area contributed by atoms with E-state index in [1.807, 2.05) is 66.5 Å². The average molecular weight is 395 g/mol. The lowest BCUT2D eigenvalue weighted by molar-refractivity contribution is -0.0190. The maximum Gasteiger partial charge on any atom is 0.213 e. The smallest absolute Gasteiger partial charge is 0.213 e. The number of furan rings is 1. The van der Waals surface area contributed by atoms with Gasteiger partial charge in [-0.3, -0.25) is 0 Å². The summed E-state index contributed by atoms with van der Waals surface area (Å²) in [6.07, 6.45) is 2.07. The largest absolute Gasteiger partial charge is 0.494 e. The fraction of sp³-hybridized carbons (Fsp3) is 0.227. The molecule has 5 rings (SSSR count). The van der Waals surface area contributed by atoms with E-state index in [1.54, 1.807) is 6.26 Å². The van der Waals surface area contributed by atoms with Gasteiger partial charge in [-0.2, -0.15) is 5.10 Å². The molecule has 0 fully saturated rings. The van der Waals surface area contributed by atoms with Gasteiger partial charge in [0.25, 0.3) is 0 Å². The first-order valence-electron chi connectivity index (χ1n) is 9.31. The Balaban J connectivity index is 1.55. The van der Waals surface area contributed by atoms with Gasteiger partial charge in [0.05, 0.1) is 18.9 Å². The quantitative estimate of drug-likeness (QED) is 0.580. The first kappa shape index (κ1) is 17.2. The molecule has 2 aliphatic rings. The van der Waals surface area contributed by atoms with E-state index in [0.29, 0.717) is 11.6 Å². The molecule has 0 amide bonds. The molecule has 0 N–H and O–H groups in total. The lowest BCUT2D eigenvalue weighted by Gasteiger charge is -2.38. The molecule has 28 heavy (non-hydrogen) atoms. The van der Waals surface area contributed by atoms with Crippen LogP contribution in [-0.2, 0) is 0 Å². The van der Waals surface area contributed by atoms with Crippen molar-refractivity contribution >= 4 is 17.3 Å². The number of ether oxygens (including phenoxy) is 2. The molecule has 0 saturated carbocycles. The van der Waals surface area contributed by atoms with Crippen LogP contribution in [0.1, 0.15) is 42.5 Å². The van der Waals surface area contributed by atoms with Crippen molar-refractivity contribution < 1.29 is 13.9 Å². The number of halogens is 1. The SMILES string of the molecule is CCOc1ccc([C@H]2Oc3ccc(Cl)cc3[C@@H]3CC(c4ccco4)=NN23)cc1. The van der Waals surface area contributed by atoms with Crippen LogP contribution in [0.5, 0.6) is 11.5 Å². The van der Waals surface area contributed by atoms with Crippen LogP contribution in [0.2, 0.25) is 5.02 Å². The third kappa shape index (κ3) is 2.92. The molecule has 2 atom stereocenters. The van der Waals surface area contributed by atoms with Crippen molar-refractivity contribution in [2.24, 2.45) is 5.10 Å². The molecule has 0 saturated heterocycles. The summed E-state index contributed by atoms with van der Waals surface area (Å²) in [4.78, 5) is 0. The maximum atomic E-state index is 6.34. The van der Waals surface area contributed by atoms with E-state index in [-0.39, 0.29) is 12.3 Å². The van der Waals surface area contributed by atoms with Crippen LogP contribution in [0.15, 0.2) is 70.4 Å². The van der Waals surface area contributed by atoms with Crippen LogP contribution >= 0.6 is 11.6 Å². The molecule has 2 aliphatic heterocycles. The Hall–Kier alpha value is -2.92. The molecule has 3 aromatic rings. The van der Waals surface area contributed by atoms with Gasteiger partial charge in [0.2, 0.25) is 6.23 Å². The van der Waals surface area contributed by atoms with Gasteiger partial charge in [-0.05, 0) is 61.5 Å². The van der Waals surface area contributed by atoms with Gasteiger partial charge < -0.3 is 13.9 Å². The van der Waals surface area contributed by atoms with E-state index >= 15 is 0 Å². The van der Waals surface area contributed by atoms with Crippen LogP contribution in [0.25, 0.3) is 0 Å². The molecule has 3 heterocycles. The molecule has 0 spiro atoms. The molecule has 0 aliphatic carbocycles. The molecule has 6 heteroatoms. The summed E-state index contributed by atoms with van der Waals surface area (Å²) in [6, 6.07) is 17.6. The van der Waals surface area contributed by atoms with Crippen LogP contribution < -0.4 is 9.47 Å². The van der Waals surface area contributed by atoms with Crippen LogP contribution in [0.4, 0.5) is 0 Å². The molecule has 0 bridgehead atoms. The zero-order valence-electron chi connectivity index (χ0n) is 15.3. The second kappa shape index (κ2) is 6.91. The van der Waals surface area contributed by atoms with Gasteiger partial charge in [-0.15, -0.1) is 0 Å². The molecule has 2 aromatic carbocycles. The van der Waals surface area contributed by atoms with Crippen molar-refractivity contribution in [3.63, 3.8) is 0 Å². The first-order valence-corrected chi connectivity index (χ1v) is 9.69. The Kier molecular flexibility index (Phi) is 4.24. The Labute approximate surface area is 168 Å². The predicted octanol–water partition coefficient (Wildman–Crippen LogP) is 5.57. The van der Waals surface area contributed by atoms with E-state index in [0.717, 1.165) is 40.5 Å². The zero-order chi connectivity index (χ0) is 19.1. The lowest BCUT2D eigenvalue weighted by Crippen LogP contribution is -2.33. The van der Waals surface area contributed by atoms with Crippen LogP contribution in [-0.4, -0.2) is 17.3 Å². The van der Waals surface area contributed by atoms with Crippen LogP contribution in [0, 0.1) is 0 Å². The first-order chi connectivity index (χ1) is 13.7. The molecular formula is C22H19ClN2O3. The van der Waals surface area contributed by atoms with Gasteiger partial charge >= 0.3 is 0 Å². The zero-order valence-corrected chi connectivity index (χ0v) is 16.1. The molecule has 142 valence electrons. The summed E-state index contributed by atoms with van der Waals surface area (Å²) < 4.78 is 17.5. The lowest BCUT2D eigenvalue weighted by atomic mass is 9.97. The summed E-state index contributed by atoms with van der Waals surface area (Å²) in [5, 5.41) is 7.55. The van der Waals surface area contributed by atoms with Crippen molar-refractivity contribution in [3.05, 3.63) is 82.8 Å².